The lowest BCUT2D eigenvalue weighted by molar-refractivity contribution is -0.0409. The van der Waals surface area contributed by atoms with Gasteiger partial charge in [0.2, 0.25) is 5.28 Å². The number of aromatic nitrogens is 4. The summed E-state index contributed by atoms with van der Waals surface area (Å²) < 4.78 is 19.7. The second kappa shape index (κ2) is 6.75. The van der Waals surface area contributed by atoms with Gasteiger partial charge in [-0.05, 0) is 17.5 Å². The van der Waals surface area contributed by atoms with E-state index in [1.165, 1.54) is 10.9 Å². The van der Waals surface area contributed by atoms with Crippen molar-refractivity contribution in [3.8, 4) is 0 Å². The summed E-state index contributed by atoms with van der Waals surface area (Å²) in [6, 6.07) is 0. The molecule has 0 saturated carbocycles. The SMILES string of the molecule is CC(C)CNc1nc(Cl)nc2c1ncn2[C@@H]1O[C@H](CF)C(O)C1O. The molecule has 24 heavy (non-hydrogen) atoms. The molecule has 1 saturated heterocycles. The number of hydrogen-bond donors (Lipinski definition) is 3. The fraction of sp³-hybridized carbons (Fsp3) is 0.643. The van der Waals surface area contributed by atoms with Gasteiger partial charge in [0.25, 0.3) is 0 Å². The number of nitrogens with zero attached hydrogens (tertiary/aromatic N) is 4. The number of aliphatic hydroxyl groups excluding tert-OH is 2. The van der Waals surface area contributed by atoms with E-state index in [1.807, 2.05) is 13.8 Å². The Morgan fingerprint density at radius 2 is 2.12 bits per heavy atom. The Balaban J connectivity index is 1.98. The highest BCUT2D eigenvalue weighted by Crippen LogP contribution is 2.33. The average molecular weight is 360 g/mol. The molecule has 0 aromatic carbocycles. The topological polar surface area (TPSA) is 105 Å². The van der Waals surface area contributed by atoms with E-state index in [-0.39, 0.29) is 5.28 Å². The number of hydrogen-bond acceptors (Lipinski definition) is 7. The van der Waals surface area contributed by atoms with Crippen LogP contribution >= 0.6 is 11.6 Å². The van der Waals surface area contributed by atoms with Gasteiger partial charge in [0.1, 0.15) is 25.0 Å². The molecule has 0 bridgehead atoms. The third-order valence-electron chi connectivity index (χ3n) is 3.84. The van der Waals surface area contributed by atoms with Gasteiger partial charge in [-0.25, -0.2) is 9.37 Å². The maximum atomic E-state index is 12.9. The Kier molecular flexibility index (Phi) is 4.86. The molecule has 3 rings (SSSR count). The lowest BCUT2D eigenvalue weighted by Gasteiger charge is -2.16. The van der Waals surface area contributed by atoms with E-state index in [9.17, 15) is 14.6 Å². The molecule has 10 heteroatoms. The van der Waals surface area contributed by atoms with Crippen LogP contribution in [0.2, 0.25) is 5.28 Å². The van der Waals surface area contributed by atoms with Gasteiger partial charge in [0.05, 0.1) is 6.33 Å². The molecule has 2 unspecified atom stereocenters. The number of halogens is 2. The maximum Gasteiger partial charge on any atom is 0.226 e. The molecule has 0 amide bonds. The Labute approximate surface area is 142 Å². The predicted molar refractivity (Wildman–Crippen MR) is 85.6 cm³/mol. The van der Waals surface area contributed by atoms with Gasteiger partial charge in [-0.3, -0.25) is 4.57 Å². The molecule has 2 aromatic heterocycles. The first-order chi connectivity index (χ1) is 11.4. The number of imidazole rings is 1. The summed E-state index contributed by atoms with van der Waals surface area (Å²) >= 11 is 5.98. The van der Waals surface area contributed by atoms with Crippen molar-refractivity contribution in [1.82, 2.24) is 19.5 Å². The standard InChI is InChI=1S/C14H19ClFN5O3/c1-6(2)4-17-11-8-12(20-14(15)19-11)21(5-18-8)13-10(23)9(22)7(3-16)24-13/h5-7,9-10,13,22-23H,3-4H2,1-2H3,(H,17,19,20)/t7-,9?,10?,13-/m1/s1. The molecule has 0 spiro atoms. The Hall–Kier alpha value is -1.55. The van der Waals surface area contributed by atoms with Crippen molar-refractivity contribution in [3.63, 3.8) is 0 Å². The van der Waals surface area contributed by atoms with Crippen LogP contribution in [0.4, 0.5) is 10.2 Å². The fourth-order valence-corrected chi connectivity index (χ4v) is 2.75. The molecular formula is C14H19ClFN5O3. The molecule has 0 radical (unpaired) electrons. The molecule has 4 atom stereocenters. The van der Waals surface area contributed by atoms with Crippen molar-refractivity contribution in [1.29, 1.82) is 0 Å². The predicted octanol–water partition coefficient (Wildman–Crippen LogP) is 1.14. The third kappa shape index (κ3) is 3.04. The minimum absolute atomic E-state index is 0.00517. The van der Waals surface area contributed by atoms with Crippen molar-refractivity contribution in [2.75, 3.05) is 18.5 Å². The molecule has 132 valence electrons. The van der Waals surface area contributed by atoms with Crippen LogP contribution in [0.3, 0.4) is 0 Å². The molecule has 0 aliphatic carbocycles. The van der Waals surface area contributed by atoms with Crippen LogP contribution in [0.1, 0.15) is 20.1 Å². The van der Waals surface area contributed by atoms with Gasteiger partial charge >= 0.3 is 0 Å². The van der Waals surface area contributed by atoms with E-state index in [4.69, 9.17) is 16.3 Å². The van der Waals surface area contributed by atoms with E-state index in [2.05, 4.69) is 20.3 Å². The van der Waals surface area contributed by atoms with E-state index >= 15 is 0 Å². The summed E-state index contributed by atoms with van der Waals surface area (Å²) in [4.78, 5) is 12.5. The number of rotatable bonds is 5. The van der Waals surface area contributed by atoms with Gasteiger partial charge in [0.15, 0.2) is 23.2 Å². The van der Waals surface area contributed by atoms with Crippen LogP contribution in [0, 0.1) is 5.92 Å². The summed E-state index contributed by atoms with van der Waals surface area (Å²) in [6.07, 6.45) is -3.33. The van der Waals surface area contributed by atoms with Crippen molar-refractivity contribution in [3.05, 3.63) is 11.6 Å². The summed E-state index contributed by atoms with van der Waals surface area (Å²) in [5, 5.41) is 23.1. The van der Waals surface area contributed by atoms with Gasteiger partial charge in [-0.1, -0.05) is 13.8 Å². The first kappa shape index (κ1) is 17.3. The minimum Gasteiger partial charge on any atom is -0.387 e. The number of alkyl halides is 1. The Morgan fingerprint density at radius 3 is 2.75 bits per heavy atom. The van der Waals surface area contributed by atoms with E-state index in [0.29, 0.717) is 29.4 Å². The smallest absolute Gasteiger partial charge is 0.226 e. The molecule has 3 heterocycles. The minimum atomic E-state index is -1.33. The highest BCUT2D eigenvalue weighted by atomic mass is 35.5. The van der Waals surface area contributed by atoms with Gasteiger partial charge < -0.3 is 20.3 Å². The highest BCUT2D eigenvalue weighted by Gasteiger charge is 2.44. The number of nitrogens with one attached hydrogen (secondary N) is 1. The molecule has 1 aliphatic heterocycles. The van der Waals surface area contributed by atoms with Gasteiger partial charge in [-0.2, -0.15) is 9.97 Å². The summed E-state index contributed by atoms with van der Waals surface area (Å²) in [5.41, 5.74) is 0.783. The van der Waals surface area contributed by atoms with Gasteiger partial charge in [0, 0.05) is 6.54 Å². The second-order valence-corrected chi connectivity index (χ2v) is 6.48. The fourth-order valence-electron chi connectivity index (χ4n) is 2.59. The van der Waals surface area contributed by atoms with Crippen LogP contribution in [0.25, 0.3) is 11.2 Å². The second-order valence-electron chi connectivity index (χ2n) is 6.14. The zero-order valence-electron chi connectivity index (χ0n) is 13.2. The number of anilines is 1. The Morgan fingerprint density at radius 1 is 1.38 bits per heavy atom. The molecule has 1 fully saturated rings. The molecule has 2 aromatic rings. The van der Waals surface area contributed by atoms with Crippen molar-refractivity contribution >= 4 is 28.6 Å². The molecule has 3 N–H and O–H groups in total. The Bertz CT molecular complexity index is 728. The van der Waals surface area contributed by atoms with Crippen LogP contribution in [-0.4, -0.2) is 61.3 Å². The maximum absolute atomic E-state index is 12.9. The lowest BCUT2D eigenvalue weighted by Crippen LogP contribution is -2.32. The number of fused-ring (bicyclic) bond motifs is 1. The van der Waals surface area contributed by atoms with Crippen LogP contribution in [0.5, 0.6) is 0 Å². The zero-order valence-corrected chi connectivity index (χ0v) is 14.0. The summed E-state index contributed by atoms with van der Waals surface area (Å²) in [5.74, 6) is 0.851. The average Bonchev–Trinajstić information content (AvgIpc) is 3.07. The van der Waals surface area contributed by atoms with Crippen molar-refractivity contribution < 1.29 is 19.3 Å². The van der Waals surface area contributed by atoms with Crippen LogP contribution < -0.4 is 5.32 Å². The molecular weight excluding hydrogens is 341 g/mol. The third-order valence-corrected chi connectivity index (χ3v) is 4.00. The highest BCUT2D eigenvalue weighted by molar-refractivity contribution is 6.28. The number of ether oxygens (including phenoxy) is 1. The van der Waals surface area contributed by atoms with Crippen LogP contribution in [0.15, 0.2) is 6.33 Å². The first-order valence-electron chi connectivity index (χ1n) is 7.64. The van der Waals surface area contributed by atoms with Gasteiger partial charge in [-0.15, -0.1) is 0 Å². The normalized spacial score (nSPS) is 27.3. The van der Waals surface area contributed by atoms with E-state index in [1.54, 1.807) is 0 Å². The molecule has 8 nitrogen and oxygen atoms in total. The zero-order chi connectivity index (χ0) is 17.4. The van der Waals surface area contributed by atoms with Crippen molar-refractivity contribution in [2.45, 2.75) is 38.4 Å². The first-order valence-corrected chi connectivity index (χ1v) is 8.01. The summed E-state index contributed by atoms with van der Waals surface area (Å²) in [7, 11) is 0. The van der Waals surface area contributed by atoms with E-state index in [0.717, 1.165) is 0 Å². The molecule has 1 aliphatic rings. The van der Waals surface area contributed by atoms with Crippen molar-refractivity contribution in [2.24, 2.45) is 5.92 Å². The summed E-state index contributed by atoms with van der Waals surface area (Å²) in [6.45, 7) is 3.86. The quantitative estimate of drug-likeness (QED) is 0.687. The number of aliphatic hydroxyl groups is 2. The van der Waals surface area contributed by atoms with E-state index < -0.39 is 31.2 Å². The lowest BCUT2D eigenvalue weighted by atomic mass is 10.1. The largest absolute Gasteiger partial charge is 0.387 e. The monoisotopic (exact) mass is 359 g/mol. The van der Waals surface area contributed by atoms with Crippen LogP contribution in [-0.2, 0) is 4.74 Å².